The molecule has 4 rings (SSSR count). The number of hydrogen-bond donors (Lipinski definition) is 1. The maximum absolute atomic E-state index is 12.9. The molecule has 1 N–H and O–H groups in total. The molecule has 2 fully saturated rings. The molecule has 0 bridgehead atoms. The van der Waals surface area contributed by atoms with Crippen LogP contribution in [0.25, 0.3) is 11.5 Å². The average Bonchev–Trinajstić information content (AvgIpc) is 3.17. The smallest absolute Gasteiger partial charge is 0.257 e. The Hall–Kier alpha value is -2.87. The Balaban J connectivity index is 1.47. The molecule has 146 valence electrons. The van der Waals surface area contributed by atoms with Gasteiger partial charge < -0.3 is 14.9 Å². The lowest BCUT2D eigenvalue weighted by atomic mass is 9.78. The van der Waals surface area contributed by atoms with Crippen molar-refractivity contribution >= 4 is 11.8 Å². The van der Waals surface area contributed by atoms with Gasteiger partial charge in [0, 0.05) is 44.8 Å². The van der Waals surface area contributed by atoms with E-state index in [4.69, 9.17) is 0 Å². The van der Waals surface area contributed by atoms with E-state index in [9.17, 15) is 14.7 Å². The molecule has 0 aliphatic carbocycles. The van der Waals surface area contributed by atoms with Gasteiger partial charge >= 0.3 is 0 Å². The number of aromatic nitrogens is 3. The van der Waals surface area contributed by atoms with Gasteiger partial charge in [0.1, 0.15) is 5.69 Å². The maximum Gasteiger partial charge on any atom is 0.257 e. The molecule has 8 heteroatoms. The highest BCUT2D eigenvalue weighted by atomic mass is 16.3. The number of aliphatic hydroxyl groups excluding tert-OH is 1. The second-order valence-corrected chi connectivity index (χ2v) is 7.39. The van der Waals surface area contributed by atoms with E-state index in [2.05, 4.69) is 15.0 Å². The van der Waals surface area contributed by atoms with E-state index in [1.54, 1.807) is 16.0 Å². The van der Waals surface area contributed by atoms with Crippen molar-refractivity contribution in [1.82, 2.24) is 24.8 Å². The number of pyridine rings is 1. The van der Waals surface area contributed by atoms with Crippen molar-refractivity contribution in [3.05, 3.63) is 42.4 Å². The number of amides is 2. The van der Waals surface area contributed by atoms with Gasteiger partial charge in [0.25, 0.3) is 5.91 Å². The first-order chi connectivity index (χ1) is 13.6. The highest BCUT2D eigenvalue weighted by Gasteiger charge is 2.49. The monoisotopic (exact) mass is 381 g/mol. The quantitative estimate of drug-likeness (QED) is 0.848. The van der Waals surface area contributed by atoms with E-state index in [0.29, 0.717) is 49.7 Å². The van der Waals surface area contributed by atoms with E-state index in [-0.39, 0.29) is 18.4 Å². The topological polar surface area (TPSA) is 99.5 Å². The Morgan fingerprint density at radius 2 is 1.96 bits per heavy atom. The largest absolute Gasteiger partial charge is 0.395 e. The lowest BCUT2D eigenvalue weighted by Crippen LogP contribution is -2.51. The maximum atomic E-state index is 12.9. The highest BCUT2D eigenvalue weighted by molar-refractivity contribution is 5.95. The van der Waals surface area contributed by atoms with Gasteiger partial charge in [-0.25, -0.2) is 9.97 Å². The summed E-state index contributed by atoms with van der Waals surface area (Å²) in [6.07, 6.45) is 7.05. The molecular weight excluding hydrogens is 358 g/mol. The Labute approximate surface area is 163 Å². The van der Waals surface area contributed by atoms with Crippen LogP contribution in [0.4, 0.5) is 0 Å². The number of piperidine rings is 1. The van der Waals surface area contributed by atoms with Crippen molar-refractivity contribution in [2.24, 2.45) is 5.41 Å². The first-order valence-electron chi connectivity index (χ1n) is 9.56. The van der Waals surface area contributed by atoms with Gasteiger partial charge in [-0.1, -0.05) is 6.07 Å². The summed E-state index contributed by atoms with van der Waals surface area (Å²) in [6, 6.07) is 5.49. The fraction of sp³-hybridized carbons (Fsp3) is 0.450. The normalized spacial score (nSPS) is 22.1. The lowest BCUT2D eigenvalue weighted by Gasteiger charge is -2.39. The highest BCUT2D eigenvalue weighted by Crippen LogP contribution is 2.40. The minimum Gasteiger partial charge on any atom is -0.395 e. The summed E-state index contributed by atoms with van der Waals surface area (Å²) in [6.45, 7) is 1.95. The predicted octanol–water partition coefficient (Wildman–Crippen LogP) is 0.986. The van der Waals surface area contributed by atoms with Gasteiger partial charge in [-0.3, -0.25) is 14.6 Å². The molecule has 2 amide bonds. The van der Waals surface area contributed by atoms with Crippen LogP contribution in [0.3, 0.4) is 0 Å². The Kier molecular flexibility index (Phi) is 5.04. The van der Waals surface area contributed by atoms with Gasteiger partial charge in [-0.15, -0.1) is 0 Å². The summed E-state index contributed by atoms with van der Waals surface area (Å²) in [7, 11) is 0. The van der Waals surface area contributed by atoms with Crippen molar-refractivity contribution in [2.75, 3.05) is 32.8 Å². The SMILES string of the molecule is O=C(c1cnc(-c2ccccn2)nc1)N1CC[C@@]2(CCCN(CCO)C2=O)C1. The van der Waals surface area contributed by atoms with Crippen molar-refractivity contribution in [3.63, 3.8) is 0 Å². The number of likely N-dealkylation sites (tertiary alicyclic amines) is 2. The summed E-state index contributed by atoms with van der Waals surface area (Å²) in [5.74, 6) is 0.374. The molecule has 0 radical (unpaired) electrons. The molecular formula is C20H23N5O3. The molecule has 0 unspecified atom stereocenters. The fourth-order valence-corrected chi connectivity index (χ4v) is 4.16. The van der Waals surface area contributed by atoms with E-state index >= 15 is 0 Å². The van der Waals surface area contributed by atoms with Crippen LogP contribution in [0, 0.1) is 5.41 Å². The number of carbonyl (C=O) groups excluding carboxylic acids is 2. The summed E-state index contributed by atoms with van der Waals surface area (Å²) in [5.41, 5.74) is 0.545. The van der Waals surface area contributed by atoms with Crippen LogP contribution in [0.5, 0.6) is 0 Å². The zero-order chi connectivity index (χ0) is 19.6. The third kappa shape index (κ3) is 3.35. The van der Waals surface area contributed by atoms with Gasteiger partial charge in [0.15, 0.2) is 5.82 Å². The molecule has 2 aliphatic heterocycles. The molecule has 1 atom stereocenters. The zero-order valence-corrected chi connectivity index (χ0v) is 15.6. The second-order valence-electron chi connectivity index (χ2n) is 7.39. The standard InChI is InChI=1S/C20H23N5O3/c26-11-10-24-8-3-5-20(19(24)28)6-9-25(14-20)18(27)15-12-22-17(23-13-15)16-4-1-2-7-21-16/h1-2,4,7,12-13,26H,3,5-6,8-11,14H2/t20-/m0/s1. The number of carbonyl (C=O) groups is 2. The van der Waals surface area contributed by atoms with Crippen LogP contribution in [-0.4, -0.2) is 74.5 Å². The van der Waals surface area contributed by atoms with Gasteiger partial charge in [-0.05, 0) is 31.4 Å². The van der Waals surface area contributed by atoms with Crippen LogP contribution in [0.1, 0.15) is 29.6 Å². The average molecular weight is 381 g/mol. The van der Waals surface area contributed by atoms with Crippen LogP contribution in [0.15, 0.2) is 36.8 Å². The first-order valence-corrected chi connectivity index (χ1v) is 9.56. The van der Waals surface area contributed by atoms with Crippen LogP contribution in [0.2, 0.25) is 0 Å². The van der Waals surface area contributed by atoms with Crippen molar-refractivity contribution < 1.29 is 14.7 Å². The number of rotatable bonds is 4. The molecule has 28 heavy (non-hydrogen) atoms. The molecule has 2 aromatic rings. The zero-order valence-electron chi connectivity index (χ0n) is 15.6. The van der Waals surface area contributed by atoms with Crippen LogP contribution in [-0.2, 0) is 4.79 Å². The van der Waals surface area contributed by atoms with Gasteiger partial charge in [-0.2, -0.15) is 0 Å². The number of β-amino-alcohol motifs (C(OH)–C–C–N with tert-alkyl or cyclic N) is 1. The molecule has 4 heterocycles. The molecule has 2 saturated heterocycles. The Morgan fingerprint density at radius 3 is 2.68 bits per heavy atom. The number of hydrogen-bond acceptors (Lipinski definition) is 6. The molecule has 8 nitrogen and oxygen atoms in total. The van der Waals surface area contributed by atoms with Crippen LogP contribution < -0.4 is 0 Å². The molecule has 2 aromatic heterocycles. The summed E-state index contributed by atoms with van der Waals surface area (Å²) >= 11 is 0. The summed E-state index contributed by atoms with van der Waals surface area (Å²) < 4.78 is 0. The summed E-state index contributed by atoms with van der Waals surface area (Å²) in [4.78, 5) is 42.0. The van der Waals surface area contributed by atoms with E-state index < -0.39 is 5.41 Å². The third-order valence-corrected chi connectivity index (χ3v) is 5.63. The van der Waals surface area contributed by atoms with Gasteiger partial charge in [0.05, 0.1) is 17.6 Å². The van der Waals surface area contributed by atoms with E-state index in [0.717, 1.165) is 12.8 Å². The van der Waals surface area contributed by atoms with Gasteiger partial charge in [0.2, 0.25) is 5.91 Å². The molecule has 0 aromatic carbocycles. The number of aliphatic hydroxyl groups is 1. The fourth-order valence-electron chi connectivity index (χ4n) is 4.16. The van der Waals surface area contributed by atoms with Crippen molar-refractivity contribution in [1.29, 1.82) is 0 Å². The Morgan fingerprint density at radius 1 is 1.14 bits per heavy atom. The number of nitrogens with zero attached hydrogens (tertiary/aromatic N) is 5. The minimum atomic E-state index is -0.516. The van der Waals surface area contributed by atoms with Crippen molar-refractivity contribution in [2.45, 2.75) is 19.3 Å². The van der Waals surface area contributed by atoms with Crippen molar-refractivity contribution in [3.8, 4) is 11.5 Å². The third-order valence-electron chi connectivity index (χ3n) is 5.63. The first kappa shape index (κ1) is 18.5. The molecule has 0 saturated carbocycles. The predicted molar refractivity (Wildman–Crippen MR) is 101 cm³/mol. The molecule has 2 aliphatic rings. The van der Waals surface area contributed by atoms with Crippen LogP contribution >= 0.6 is 0 Å². The van der Waals surface area contributed by atoms with E-state index in [1.165, 1.54) is 12.4 Å². The molecule has 1 spiro atoms. The lowest BCUT2D eigenvalue weighted by molar-refractivity contribution is -0.146. The van der Waals surface area contributed by atoms with E-state index in [1.807, 2.05) is 18.2 Å². The Bertz CT molecular complexity index is 856. The minimum absolute atomic E-state index is 0.0373. The summed E-state index contributed by atoms with van der Waals surface area (Å²) in [5, 5.41) is 9.18. The second kappa shape index (κ2) is 7.63.